The van der Waals surface area contributed by atoms with Gasteiger partial charge in [-0.3, -0.25) is 11.5 Å². The molecule has 0 saturated heterocycles. The zero-order chi connectivity index (χ0) is 23.3. The van der Waals surface area contributed by atoms with Gasteiger partial charge < -0.3 is 9.47 Å². The van der Waals surface area contributed by atoms with E-state index < -0.39 is 17.9 Å². The molecule has 4 N–H and O–H groups in total. The SMILES string of the molecule is CCCC(N)Oc1c(Cl)cc(C(C)(C)c2cc(Cl)c(OC(N)CCC)c(Cl)c2)cc1Cl. The molecule has 0 heterocycles. The van der Waals surface area contributed by atoms with Gasteiger partial charge in [0.15, 0.2) is 11.5 Å². The third kappa shape index (κ3) is 6.56. The predicted molar refractivity (Wildman–Crippen MR) is 132 cm³/mol. The summed E-state index contributed by atoms with van der Waals surface area (Å²) in [6, 6.07) is 7.30. The predicted octanol–water partition coefficient (Wildman–Crippen LogP) is 7.55. The van der Waals surface area contributed by atoms with Crippen molar-refractivity contribution in [2.75, 3.05) is 0 Å². The third-order valence-electron chi connectivity index (χ3n) is 5.12. The van der Waals surface area contributed by atoms with Crippen LogP contribution in [0.1, 0.15) is 64.5 Å². The van der Waals surface area contributed by atoms with Crippen LogP contribution in [0, 0.1) is 0 Å². The summed E-state index contributed by atoms with van der Waals surface area (Å²) in [5.74, 6) is 0.766. The van der Waals surface area contributed by atoms with E-state index in [-0.39, 0.29) is 0 Å². The van der Waals surface area contributed by atoms with E-state index in [9.17, 15) is 0 Å². The Hall–Kier alpha value is -0.880. The van der Waals surface area contributed by atoms with Crippen molar-refractivity contribution in [3.63, 3.8) is 0 Å². The molecule has 0 aliphatic rings. The summed E-state index contributed by atoms with van der Waals surface area (Å²) in [7, 11) is 0. The normalized spacial score (nSPS) is 13.7. The van der Waals surface area contributed by atoms with Crippen LogP contribution in [0.25, 0.3) is 0 Å². The van der Waals surface area contributed by atoms with Crippen molar-refractivity contribution in [2.45, 2.75) is 71.2 Å². The van der Waals surface area contributed by atoms with Crippen LogP contribution in [-0.2, 0) is 5.41 Å². The highest BCUT2D eigenvalue weighted by Crippen LogP contribution is 2.44. The minimum atomic E-state index is -0.505. The van der Waals surface area contributed by atoms with Gasteiger partial charge in [-0.15, -0.1) is 0 Å². The van der Waals surface area contributed by atoms with Crippen molar-refractivity contribution in [3.8, 4) is 11.5 Å². The lowest BCUT2D eigenvalue weighted by atomic mass is 9.78. The van der Waals surface area contributed by atoms with Gasteiger partial charge in [-0.05, 0) is 48.2 Å². The van der Waals surface area contributed by atoms with E-state index in [1.165, 1.54) is 0 Å². The van der Waals surface area contributed by atoms with Crippen molar-refractivity contribution in [1.29, 1.82) is 0 Å². The molecule has 0 aliphatic carbocycles. The maximum Gasteiger partial charge on any atom is 0.158 e. The van der Waals surface area contributed by atoms with E-state index in [0.717, 1.165) is 24.0 Å². The Bertz CT molecular complexity index is 788. The second-order valence-electron chi connectivity index (χ2n) is 8.05. The van der Waals surface area contributed by atoms with E-state index >= 15 is 0 Å². The fourth-order valence-corrected chi connectivity index (χ4v) is 4.38. The molecule has 8 heteroatoms. The Morgan fingerprint density at radius 3 is 1.26 bits per heavy atom. The van der Waals surface area contributed by atoms with Gasteiger partial charge in [-0.1, -0.05) is 86.9 Å². The van der Waals surface area contributed by atoms with Crippen molar-refractivity contribution >= 4 is 46.4 Å². The van der Waals surface area contributed by atoms with E-state index in [1.54, 1.807) is 0 Å². The molecule has 31 heavy (non-hydrogen) atoms. The van der Waals surface area contributed by atoms with Gasteiger partial charge in [0.2, 0.25) is 0 Å². The first-order chi connectivity index (χ1) is 14.5. The van der Waals surface area contributed by atoms with Crippen LogP contribution in [-0.4, -0.2) is 12.5 Å². The van der Waals surface area contributed by atoms with Gasteiger partial charge in [0, 0.05) is 5.41 Å². The smallest absolute Gasteiger partial charge is 0.158 e. The Morgan fingerprint density at radius 2 is 1.00 bits per heavy atom. The lowest BCUT2D eigenvalue weighted by molar-refractivity contribution is 0.198. The topological polar surface area (TPSA) is 70.5 Å². The highest BCUT2D eigenvalue weighted by atomic mass is 35.5. The third-order valence-corrected chi connectivity index (χ3v) is 6.25. The molecule has 0 fully saturated rings. The minimum Gasteiger partial charge on any atom is -0.472 e. The Labute approximate surface area is 205 Å². The summed E-state index contributed by atoms with van der Waals surface area (Å²) in [6.07, 6.45) is 2.25. The summed E-state index contributed by atoms with van der Waals surface area (Å²) >= 11 is 26.0. The number of hydrogen-bond acceptors (Lipinski definition) is 4. The number of nitrogens with two attached hydrogens (primary N) is 2. The van der Waals surface area contributed by atoms with Crippen molar-refractivity contribution in [2.24, 2.45) is 11.5 Å². The molecule has 0 amide bonds. The standard InChI is InChI=1S/C23H30Cl4N2O2/c1-5-7-19(28)30-21-15(24)9-13(10-16(21)25)23(3,4)14-11-17(26)22(18(27)12-14)31-20(29)8-6-2/h9-12,19-20H,5-8,28-29H2,1-4H3. The maximum atomic E-state index is 6.50. The average Bonchev–Trinajstić information content (AvgIpc) is 2.67. The van der Waals surface area contributed by atoms with Gasteiger partial charge >= 0.3 is 0 Å². The zero-order valence-corrected chi connectivity index (χ0v) is 21.3. The molecule has 0 aromatic heterocycles. The largest absolute Gasteiger partial charge is 0.472 e. The Kier molecular flexibility index (Phi) is 9.62. The van der Waals surface area contributed by atoms with E-state index in [2.05, 4.69) is 0 Å². The van der Waals surface area contributed by atoms with Crippen LogP contribution in [0.3, 0.4) is 0 Å². The van der Waals surface area contributed by atoms with Crippen LogP contribution in [0.4, 0.5) is 0 Å². The number of hydrogen-bond donors (Lipinski definition) is 2. The molecule has 2 rings (SSSR count). The molecule has 0 bridgehead atoms. The molecule has 0 spiro atoms. The molecule has 4 nitrogen and oxygen atoms in total. The molecule has 0 aliphatic heterocycles. The molecule has 0 saturated carbocycles. The zero-order valence-electron chi connectivity index (χ0n) is 18.3. The van der Waals surface area contributed by atoms with Crippen LogP contribution < -0.4 is 20.9 Å². The Balaban J connectivity index is 2.38. The number of halogens is 4. The second kappa shape index (κ2) is 11.3. The van der Waals surface area contributed by atoms with Crippen LogP contribution in [0.5, 0.6) is 11.5 Å². The summed E-state index contributed by atoms with van der Waals surface area (Å²) in [6.45, 7) is 8.12. The van der Waals surface area contributed by atoms with E-state index in [0.29, 0.717) is 44.4 Å². The summed E-state index contributed by atoms with van der Waals surface area (Å²) in [4.78, 5) is 0. The molecular weight excluding hydrogens is 478 g/mol. The molecule has 2 unspecified atom stereocenters. The monoisotopic (exact) mass is 506 g/mol. The lowest BCUT2D eigenvalue weighted by Gasteiger charge is -2.28. The lowest BCUT2D eigenvalue weighted by Crippen LogP contribution is -2.27. The van der Waals surface area contributed by atoms with Gasteiger partial charge in [0.05, 0.1) is 20.1 Å². The fourth-order valence-electron chi connectivity index (χ4n) is 3.22. The van der Waals surface area contributed by atoms with Crippen molar-refractivity contribution in [1.82, 2.24) is 0 Å². The first kappa shape index (κ1) is 26.4. The highest BCUT2D eigenvalue weighted by molar-refractivity contribution is 6.38. The number of rotatable bonds is 10. The van der Waals surface area contributed by atoms with Gasteiger partial charge in [-0.25, -0.2) is 0 Å². The highest BCUT2D eigenvalue weighted by Gasteiger charge is 2.28. The average molecular weight is 508 g/mol. The molecule has 2 aromatic rings. The van der Waals surface area contributed by atoms with E-state index in [4.69, 9.17) is 67.3 Å². The Morgan fingerprint density at radius 1 is 0.710 bits per heavy atom. The van der Waals surface area contributed by atoms with Gasteiger partial charge in [-0.2, -0.15) is 0 Å². The summed E-state index contributed by atoms with van der Waals surface area (Å²) in [5.41, 5.74) is 13.2. The van der Waals surface area contributed by atoms with E-state index in [1.807, 2.05) is 52.0 Å². The van der Waals surface area contributed by atoms with Crippen LogP contribution in [0.2, 0.25) is 20.1 Å². The van der Waals surface area contributed by atoms with Crippen LogP contribution >= 0.6 is 46.4 Å². The second-order valence-corrected chi connectivity index (χ2v) is 9.68. The summed E-state index contributed by atoms with van der Waals surface area (Å²) < 4.78 is 11.5. The first-order valence-electron chi connectivity index (χ1n) is 10.3. The maximum absolute atomic E-state index is 6.50. The van der Waals surface area contributed by atoms with Gasteiger partial charge in [0.1, 0.15) is 12.5 Å². The number of ether oxygens (including phenoxy) is 2. The van der Waals surface area contributed by atoms with Crippen LogP contribution in [0.15, 0.2) is 24.3 Å². The molecule has 0 radical (unpaired) electrons. The minimum absolute atomic E-state index is 0.383. The summed E-state index contributed by atoms with van der Waals surface area (Å²) in [5, 5.41) is 1.57. The quantitative estimate of drug-likeness (QED) is 0.325. The molecule has 172 valence electrons. The van der Waals surface area contributed by atoms with Crippen molar-refractivity contribution < 1.29 is 9.47 Å². The number of benzene rings is 2. The fraction of sp³-hybridized carbons (Fsp3) is 0.478. The van der Waals surface area contributed by atoms with Crippen molar-refractivity contribution in [3.05, 3.63) is 55.5 Å². The van der Waals surface area contributed by atoms with Gasteiger partial charge in [0.25, 0.3) is 0 Å². The molecular formula is C23H30Cl4N2O2. The first-order valence-corrected chi connectivity index (χ1v) is 11.9. The molecule has 2 aromatic carbocycles. The molecule has 2 atom stereocenters.